The predicted octanol–water partition coefficient (Wildman–Crippen LogP) is 0.397. The van der Waals surface area contributed by atoms with Crippen molar-refractivity contribution in [3.8, 4) is 6.07 Å². The number of carbonyl (C=O) groups excluding carboxylic acids is 1. The first kappa shape index (κ1) is 13.3. The molecule has 0 fully saturated rings. The number of aldehydes is 1. The number of non-ortho nitro benzene ring substituents is 1. The van der Waals surface area contributed by atoms with Gasteiger partial charge in [0.25, 0.3) is 5.69 Å². The van der Waals surface area contributed by atoms with E-state index < -0.39 is 33.8 Å². The predicted molar refractivity (Wildman–Crippen MR) is 55.8 cm³/mol. The molecule has 0 bridgehead atoms. The third-order valence-electron chi connectivity index (χ3n) is 2.16. The average Bonchev–Trinajstić information content (AvgIpc) is 2.35. The number of nitro benzene ring substituents is 1. The highest BCUT2D eigenvalue weighted by Gasteiger charge is 2.25. The quantitative estimate of drug-likeness (QED) is 0.447. The number of nitro groups is 1. The third kappa shape index (κ3) is 2.31. The number of nitriles is 1. The van der Waals surface area contributed by atoms with E-state index in [0.29, 0.717) is 0 Å². The van der Waals surface area contributed by atoms with Crippen LogP contribution in [0.25, 0.3) is 0 Å². The zero-order valence-corrected chi connectivity index (χ0v) is 8.73. The Morgan fingerprint density at radius 2 is 2.17 bits per heavy atom. The normalized spacial score (nSPS) is 11.3. The molecule has 0 heterocycles. The summed E-state index contributed by atoms with van der Waals surface area (Å²) in [6.45, 7) is 0. The molecule has 0 aliphatic heterocycles. The molecule has 18 heavy (non-hydrogen) atoms. The molecule has 0 radical (unpaired) electrons. The zero-order valence-electron chi connectivity index (χ0n) is 8.73. The summed E-state index contributed by atoms with van der Waals surface area (Å²) in [6, 6.07) is 3.13. The van der Waals surface area contributed by atoms with Gasteiger partial charge in [0.15, 0.2) is 12.4 Å². The number of hydrogen-bond donors (Lipinski definition) is 2. The second-order valence-corrected chi connectivity index (χ2v) is 3.23. The van der Waals surface area contributed by atoms with Crippen LogP contribution in [0.2, 0.25) is 0 Å². The molecule has 1 atom stereocenters. The number of benzene rings is 1. The first-order valence-corrected chi connectivity index (χ1v) is 4.50. The molecule has 2 N–H and O–H groups in total. The topological polar surface area (TPSA) is 142 Å². The lowest BCUT2D eigenvalue weighted by Gasteiger charge is -2.09. The molecule has 1 rings (SSSR count). The van der Waals surface area contributed by atoms with Crippen LogP contribution in [0.4, 0.5) is 5.69 Å². The highest BCUT2D eigenvalue weighted by Crippen LogP contribution is 2.26. The first-order chi connectivity index (χ1) is 8.42. The highest BCUT2D eigenvalue weighted by atomic mass is 16.6. The summed E-state index contributed by atoms with van der Waals surface area (Å²) in [4.78, 5) is 31.1. The molecule has 0 aliphatic carbocycles. The van der Waals surface area contributed by atoms with E-state index in [1.165, 1.54) is 6.07 Å². The van der Waals surface area contributed by atoms with Crippen LogP contribution < -0.4 is 0 Å². The van der Waals surface area contributed by atoms with E-state index in [4.69, 9.17) is 10.4 Å². The molecule has 8 nitrogen and oxygen atoms in total. The van der Waals surface area contributed by atoms with Gasteiger partial charge in [-0.15, -0.1) is 0 Å². The number of rotatable bonds is 4. The maximum absolute atomic E-state index is 10.7. The summed E-state index contributed by atoms with van der Waals surface area (Å²) in [5.74, 6) is -1.68. The Morgan fingerprint density at radius 3 is 2.56 bits per heavy atom. The van der Waals surface area contributed by atoms with Crippen molar-refractivity contribution in [2.45, 2.75) is 6.10 Å². The van der Waals surface area contributed by atoms with Crippen molar-refractivity contribution in [1.82, 2.24) is 0 Å². The molecule has 0 aliphatic rings. The number of carboxylic acids is 1. The molecule has 0 spiro atoms. The standard InChI is InChI=1S/C10H6N2O6/c11-3-8-5(4-13)1-6(12(17)18)2-7(8)9(14)10(15)16/h1-2,4,9,14H,(H,15,16). The second kappa shape index (κ2) is 5.03. The van der Waals surface area contributed by atoms with Gasteiger partial charge in [-0.25, -0.2) is 4.79 Å². The van der Waals surface area contributed by atoms with Crippen molar-refractivity contribution in [3.05, 3.63) is 38.9 Å². The van der Waals surface area contributed by atoms with Crippen LogP contribution in [0.5, 0.6) is 0 Å². The molecule has 8 heteroatoms. The number of nitrogens with zero attached hydrogens (tertiary/aromatic N) is 2. The minimum atomic E-state index is -2.11. The molecular formula is C10H6N2O6. The van der Waals surface area contributed by atoms with Crippen LogP contribution in [0.1, 0.15) is 27.6 Å². The maximum atomic E-state index is 10.7. The van der Waals surface area contributed by atoms with Crippen LogP contribution in [0, 0.1) is 21.4 Å². The molecule has 1 aromatic rings. The Hall–Kier alpha value is -2.79. The number of carbonyl (C=O) groups is 2. The van der Waals surface area contributed by atoms with Gasteiger partial charge in [0, 0.05) is 23.3 Å². The van der Waals surface area contributed by atoms with Crippen LogP contribution in [-0.4, -0.2) is 27.4 Å². The minimum Gasteiger partial charge on any atom is -0.479 e. The van der Waals surface area contributed by atoms with Crippen molar-refractivity contribution in [2.75, 3.05) is 0 Å². The Balaban J connectivity index is 3.61. The minimum absolute atomic E-state index is 0.184. The summed E-state index contributed by atoms with van der Waals surface area (Å²) in [5, 5.41) is 37.4. The van der Waals surface area contributed by atoms with Crippen LogP contribution in [-0.2, 0) is 4.79 Å². The van der Waals surface area contributed by atoms with Gasteiger partial charge in [-0.05, 0) is 0 Å². The lowest BCUT2D eigenvalue weighted by molar-refractivity contribution is -0.385. The maximum Gasteiger partial charge on any atom is 0.337 e. The fourth-order valence-corrected chi connectivity index (χ4v) is 1.35. The fraction of sp³-hybridized carbons (Fsp3) is 0.100. The Morgan fingerprint density at radius 1 is 1.56 bits per heavy atom. The summed E-state index contributed by atoms with van der Waals surface area (Å²) >= 11 is 0. The lowest BCUT2D eigenvalue weighted by atomic mass is 9.97. The monoisotopic (exact) mass is 250 g/mol. The SMILES string of the molecule is N#Cc1c(C=O)cc([N+](=O)[O-])cc1C(O)C(=O)O. The van der Waals surface area contributed by atoms with E-state index in [0.717, 1.165) is 12.1 Å². The summed E-state index contributed by atoms with van der Waals surface area (Å²) in [5.41, 5.74) is -1.81. The van der Waals surface area contributed by atoms with E-state index in [2.05, 4.69) is 0 Å². The van der Waals surface area contributed by atoms with E-state index in [1.54, 1.807) is 0 Å². The van der Waals surface area contributed by atoms with E-state index >= 15 is 0 Å². The van der Waals surface area contributed by atoms with Gasteiger partial charge < -0.3 is 10.2 Å². The zero-order chi connectivity index (χ0) is 13.9. The van der Waals surface area contributed by atoms with Crippen molar-refractivity contribution in [2.24, 2.45) is 0 Å². The number of aliphatic hydroxyl groups excluding tert-OH is 1. The van der Waals surface area contributed by atoms with Crippen LogP contribution >= 0.6 is 0 Å². The van der Waals surface area contributed by atoms with Gasteiger partial charge in [0.2, 0.25) is 0 Å². The van der Waals surface area contributed by atoms with Gasteiger partial charge in [-0.3, -0.25) is 14.9 Å². The number of aliphatic carboxylic acids is 1. The summed E-state index contributed by atoms with van der Waals surface area (Å²) in [7, 11) is 0. The summed E-state index contributed by atoms with van der Waals surface area (Å²) < 4.78 is 0. The lowest BCUT2D eigenvalue weighted by Crippen LogP contribution is -2.13. The largest absolute Gasteiger partial charge is 0.479 e. The van der Waals surface area contributed by atoms with Crippen LogP contribution in [0.15, 0.2) is 12.1 Å². The van der Waals surface area contributed by atoms with Crippen molar-refractivity contribution < 1.29 is 24.7 Å². The average molecular weight is 250 g/mol. The van der Waals surface area contributed by atoms with Gasteiger partial charge in [0.1, 0.15) is 6.07 Å². The highest BCUT2D eigenvalue weighted by molar-refractivity contribution is 5.84. The molecule has 92 valence electrons. The van der Waals surface area contributed by atoms with E-state index in [-0.39, 0.29) is 11.8 Å². The van der Waals surface area contributed by atoms with E-state index in [1.807, 2.05) is 0 Å². The van der Waals surface area contributed by atoms with Crippen LogP contribution in [0.3, 0.4) is 0 Å². The number of carboxylic acid groups (broad SMARTS) is 1. The smallest absolute Gasteiger partial charge is 0.337 e. The van der Waals surface area contributed by atoms with Crippen molar-refractivity contribution in [1.29, 1.82) is 5.26 Å². The number of hydrogen-bond acceptors (Lipinski definition) is 6. The molecule has 0 amide bonds. The Labute approximate surface area is 99.8 Å². The Bertz CT molecular complexity index is 574. The Kier molecular flexibility index (Phi) is 3.71. The summed E-state index contributed by atoms with van der Waals surface area (Å²) in [6.07, 6.45) is -1.93. The van der Waals surface area contributed by atoms with Gasteiger partial charge >= 0.3 is 5.97 Å². The molecular weight excluding hydrogens is 244 g/mol. The second-order valence-electron chi connectivity index (χ2n) is 3.23. The molecule has 0 aromatic heterocycles. The fourth-order valence-electron chi connectivity index (χ4n) is 1.35. The number of aliphatic hydroxyl groups is 1. The van der Waals surface area contributed by atoms with Crippen molar-refractivity contribution >= 4 is 17.9 Å². The van der Waals surface area contributed by atoms with Gasteiger partial charge in [-0.1, -0.05) is 0 Å². The first-order valence-electron chi connectivity index (χ1n) is 4.50. The van der Waals surface area contributed by atoms with Crippen molar-refractivity contribution in [3.63, 3.8) is 0 Å². The molecule has 1 unspecified atom stereocenters. The van der Waals surface area contributed by atoms with Gasteiger partial charge in [-0.2, -0.15) is 5.26 Å². The molecule has 0 saturated heterocycles. The van der Waals surface area contributed by atoms with E-state index in [9.17, 15) is 24.8 Å². The molecule has 0 saturated carbocycles. The van der Waals surface area contributed by atoms with Gasteiger partial charge in [0.05, 0.1) is 10.5 Å². The molecule has 1 aromatic carbocycles. The third-order valence-corrected chi connectivity index (χ3v) is 2.16.